The van der Waals surface area contributed by atoms with E-state index in [0.29, 0.717) is 57.7 Å². The first kappa shape index (κ1) is 44.2. The van der Waals surface area contributed by atoms with Crippen LogP contribution in [-0.2, 0) is 19.5 Å². The van der Waals surface area contributed by atoms with Crippen LogP contribution in [0.4, 0.5) is 22.7 Å². The average Bonchev–Trinajstić information content (AvgIpc) is 4.06. The first-order valence-electron chi connectivity index (χ1n) is 20.6. The van der Waals surface area contributed by atoms with Crippen molar-refractivity contribution in [3.63, 3.8) is 0 Å². The molecule has 6 N–H and O–H groups in total. The zero-order valence-electron chi connectivity index (χ0n) is 35.3. The number of nitrogens with one attached hydrogen (secondary N) is 4. The average molecular weight is 936 g/mol. The summed E-state index contributed by atoms with van der Waals surface area (Å²) in [5.74, 6) is -1.42. The molecule has 0 saturated heterocycles. The molecule has 0 aliphatic heterocycles. The molecule has 4 aliphatic rings. The normalized spacial score (nSPS) is 15.0. The number of methoxy groups -OCH3 is 2. The molecule has 2 aromatic carbocycles. The number of aromatic nitrogens is 10. The molecular formula is C42H42N14O8Zn. The van der Waals surface area contributed by atoms with Gasteiger partial charge in [-0.05, 0) is 87.8 Å². The Hall–Kier alpha value is -7.42. The Kier molecular flexibility index (Phi) is 12.7. The minimum atomic E-state index is -1.27. The monoisotopic (exact) mass is 934 g/mol. The van der Waals surface area contributed by atoms with Crippen LogP contribution < -0.4 is 30.7 Å². The first-order valence-corrected chi connectivity index (χ1v) is 20.6. The van der Waals surface area contributed by atoms with Gasteiger partial charge in [-0.1, -0.05) is 12.1 Å². The minimum Gasteiger partial charge on any atom is -0.494 e. The number of hydrogen-bond acceptors (Lipinski definition) is 16. The molecule has 0 spiro atoms. The molecule has 4 aliphatic carbocycles. The number of carboxylic acids is 2. The maximum absolute atomic E-state index is 12.4. The second-order valence-electron chi connectivity index (χ2n) is 15.7. The smallest absolute Gasteiger partial charge is 0.358 e. The zero-order chi connectivity index (χ0) is 44.5. The molecule has 0 atom stereocenters. The summed E-state index contributed by atoms with van der Waals surface area (Å²) >= 11 is 0. The molecule has 22 nitrogen and oxygen atoms in total. The van der Waals surface area contributed by atoms with Gasteiger partial charge in [0.25, 0.3) is 11.8 Å². The second-order valence-corrected chi connectivity index (χ2v) is 15.7. The molecule has 4 heterocycles. The second kappa shape index (κ2) is 18.7. The van der Waals surface area contributed by atoms with E-state index in [1.807, 2.05) is 21.5 Å². The number of amides is 2. The van der Waals surface area contributed by atoms with Gasteiger partial charge in [-0.15, -0.1) is 20.4 Å². The summed E-state index contributed by atoms with van der Waals surface area (Å²) in [7, 11) is 3.03. The van der Waals surface area contributed by atoms with Crippen LogP contribution in [0.5, 0.6) is 11.5 Å². The number of benzene rings is 2. The summed E-state index contributed by atoms with van der Waals surface area (Å²) in [5, 5.41) is 55.0. The molecule has 330 valence electrons. The van der Waals surface area contributed by atoms with Gasteiger partial charge >= 0.3 is 11.9 Å². The van der Waals surface area contributed by atoms with Crippen molar-refractivity contribution in [1.29, 1.82) is 0 Å². The molecule has 0 unspecified atom stereocenters. The third-order valence-corrected chi connectivity index (χ3v) is 10.6. The number of aromatic carboxylic acids is 2. The molecule has 4 saturated carbocycles. The van der Waals surface area contributed by atoms with Gasteiger partial charge in [0.2, 0.25) is 0 Å². The molecule has 4 aromatic heterocycles. The van der Waals surface area contributed by atoms with Crippen molar-refractivity contribution in [1.82, 2.24) is 60.6 Å². The molecule has 6 aromatic rings. The molecule has 10 rings (SSSR count). The molecular weight excluding hydrogens is 894 g/mol. The first-order chi connectivity index (χ1) is 31.1. The van der Waals surface area contributed by atoms with Crippen LogP contribution in [0.15, 0.2) is 61.2 Å². The van der Waals surface area contributed by atoms with Gasteiger partial charge in [-0.3, -0.25) is 9.59 Å². The van der Waals surface area contributed by atoms with E-state index in [1.165, 1.54) is 26.4 Å². The van der Waals surface area contributed by atoms with E-state index in [9.17, 15) is 29.4 Å². The summed E-state index contributed by atoms with van der Waals surface area (Å²) in [5.41, 5.74) is 1.97. The van der Waals surface area contributed by atoms with Crippen molar-refractivity contribution in [3.05, 3.63) is 84.0 Å². The molecule has 0 radical (unpaired) electrons. The number of rotatable bonds is 16. The Morgan fingerprint density at radius 2 is 0.985 bits per heavy atom. The Bertz CT molecular complexity index is 2600. The summed E-state index contributed by atoms with van der Waals surface area (Å²) < 4.78 is 14.9. The molecule has 23 heteroatoms. The predicted octanol–water partition coefficient (Wildman–Crippen LogP) is 4.82. The van der Waals surface area contributed by atoms with Crippen molar-refractivity contribution < 1.29 is 58.3 Å². The van der Waals surface area contributed by atoms with Crippen LogP contribution in [-0.4, -0.2) is 110 Å². The van der Waals surface area contributed by atoms with Crippen molar-refractivity contribution in [3.8, 4) is 34.3 Å². The maximum atomic E-state index is 12.4. The van der Waals surface area contributed by atoms with E-state index in [1.54, 1.807) is 36.9 Å². The number of carboxylic acid groups (broad SMARTS) is 2. The SMILES string of the molecule is COc1c(Nc2cc(C(=O)NC3CC3)nnc2C(=O)O)cccc1-c1ncn(C2CC2)n1.COc1c(Nc2cc(C(=O)NC3CC3)nnc2C(=O)O)cccc1-c1ncn(C2CC2)n1.[Zn]. The Morgan fingerprint density at radius 3 is 1.32 bits per heavy atom. The molecule has 4 fully saturated rings. The van der Waals surface area contributed by atoms with Crippen LogP contribution in [0.25, 0.3) is 22.8 Å². The van der Waals surface area contributed by atoms with Gasteiger partial charge in [0.05, 0.1) is 60.2 Å². The van der Waals surface area contributed by atoms with Gasteiger partial charge in [0, 0.05) is 31.6 Å². The predicted molar refractivity (Wildman–Crippen MR) is 226 cm³/mol. The van der Waals surface area contributed by atoms with Crippen molar-refractivity contribution in [2.24, 2.45) is 0 Å². The fourth-order valence-corrected chi connectivity index (χ4v) is 6.67. The largest absolute Gasteiger partial charge is 0.494 e. The number of ether oxygens (including phenoxy) is 2. The number of hydrogen-bond donors (Lipinski definition) is 6. The van der Waals surface area contributed by atoms with E-state index in [2.05, 4.69) is 61.8 Å². The summed E-state index contributed by atoms with van der Waals surface area (Å²) in [6.07, 6.45) is 11.4. The van der Waals surface area contributed by atoms with Crippen LogP contribution >= 0.6 is 0 Å². The van der Waals surface area contributed by atoms with Crippen LogP contribution in [0.2, 0.25) is 0 Å². The van der Waals surface area contributed by atoms with Crippen molar-refractivity contribution >= 4 is 46.5 Å². The molecule has 0 bridgehead atoms. The van der Waals surface area contributed by atoms with Gasteiger partial charge in [0.1, 0.15) is 12.7 Å². The van der Waals surface area contributed by atoms with E-state index < -0.39 is 23.8 Å². The summed E-state index contributed by atoms with van der Waals surface area (Å²) in [6.45, 7) is 0. The Morgan fingerprint density at radius 1 is 0.585 bits per heavy atom. The Balaban J connectivity index is 0.000000175. The molecule has 2 amide bonds. The third-order valence-electron chi connectivity index (χ3n) is 10.6. The van der Waals surface area contributed by atoms with Gasteiger partial charge in [-0.2, -0.15) is 10.2 Å². The third kappa shape index (κ3) is 10.2. The van der Waals surface area contributed by atoms with Crippen LogP contribution in [0.3, 0.4) is 0 Å². The summed E-state index contributed by atoms with van der Waals surface area (Å²) in [6, 6.07) is 14.5. The standard InChI is InChI=1S/2C21H21N7O4.Zn/c2*1-32-18-13(19-22-10-28(27-19)12-7-8-12)3-2-4-14(18)24-15-9-16(20(29)23-11-5-6-11)25-26-17(15)21(30)31;/h2*2-4,9-12H,5-8H2,1H3,(H,23,29)(H,24,25)(H,30,31);. The maximum Gasteiger partial charge on any atom is 0.358 e. The zero-order valence-corrected chi connectivity index (χ0v) is 38.2. The van der Waals surface area contributed by atoms with E-state index >= 15 is 0 Å². The fraction of sp³-hybridized carbons (Fsp3) is 0.333. The van der Waals surface area contributed by atoms with Gasteiger partial charge in [-0.25, -0.2) is 28.9 Å². The Labute approximate surface area is 382 Å². The fourth-order valence-electron chi connectivity index (χ4n) is 6.67. The van der Waals surface area contributed by atoms with Crippen LogP contribution in [0.1, 0.15) is 105 Å². The van der Waals surface area contributed by atoms with Gasteiger partial charge < -0.3 is 41.0 Å². The number of carbonyl (C=O) groups is 4. The van der Waals surface area contributed by atoms with E-state index in [4.69, 9.17) is 9.47 Å². The van der Waals surface area contributed by atoms with Gasteiger partial charge in [0.15, 0.2) is 45.9 Å². The topological polar surface area (TPSA) is 288 Å². The van der Waals surface area contributed by atoms with Crippen molar-refractivity contribution in [2.45, 2.75) is 75.5 Å². The van der Waals surface area contributed by atoms with E-state index in [0.717, 1.165) is 51.4 Å². The number of anilines is 4. The number of nitrogens with zero attached hydrogens (tertiary/aromatic N) is 10. The number of para-hydroxylation sites is 2. The summed E-state index contributed by atoms with van der Waals surface area (Å²) in [4.78, 5) is 56.9. The van der Waals surface area contributed by atoms with Crippen molar-refractivity contribution in [2.75, 3.05) is 24.9 Å². The van der Waals surface area contributed by atoms with E-state index in [-0.39, 0.29) is 65.7 Å². The number of carbonyl (C=O) groups excluding carboxylic acids is 2. The minimum absolute atomic E-state index is 0. The molecule has 65 heavy (non-hydrogen) atoms. The van der Waals surface area contributed by atoms with Crippen LogP contribution in [0, 0.1) is 0 Å². The quantitative estimate of drug-likeness (QED) is 0.0709.